The van der Waals surface area contributed by atoms with E-state index < -0.39 is 41.4 Å². The van der Waals surface area contributed by atoms with Gasteiger partial charge in [0.25, 0.3) is 17.7 Å². The summed E-state index contributed by atoms with van der Waals surface area (Å²) in [5.74, 6) is 2.84. The number of carbonyl (C=O) groups excluding carboxylic acids is 3. The van der Waals surface area contributed by atoms with Crippen molar-refractivity contribution in [2.24, 2.45) is 0 Å². The molecule has 1 aliphatic rings. The van der Waals surface area contributed by atoms with Crippen molar-refractivity contribution in [3.05, 3.63) is 107 Å². The number of para-hydroxylation sites is 1. The molecule has 2 atom stereocenters. The molecule has 2 N–H and O–H groups in total. The molecule has 3 amide bonds. The minimum absolute atomic E-state index is 0.234. The number of nitrogens with zero attached hydrogens (tertiary/aromatic N) is 3. The van der Waals surface area contributed by atoms with Crippen LogP contribution in [0.3, 0.4) is 0 Å². The zero-order chi connectivity index (χ0) is 31.6. The van der Waals surface area contributed by atoms with Gasteiger partial charge in [-0.3, -0.25) is 19.3 Å². The van der Waals surface area contributed by atoms with E-state index in [0.29, 0.717) is 34.0 Å². The summed E-state index contributed by atoms with van der Waals surface area (Å²) in [5.41, 5.74) is 1.73. The molecular weight excluding hydrogens is 571 g/mol. The van der Waals surface area contributed by atoms with Crippen LogP contribution in [0.15, 0.2) is 78.9 Å². The van der Waals surface area contributed by atoms with E-state index in [-0.39, 0.29) is 12.1 Å². The van der Waals surface area contributed by atoms with Crippen LogP contribution in [0.25, 0.3) is 5.69 Å². The number of carbonyl (C=O) groups is 3. The Bertz CT molecular complexity index is 1800. The van der Waals surface area contributed by atoms with Crippen molar-refractivity contribution in [1.82, 2.24) is 15.1 Å². The van der Waals surface area contributed by atoms with Crippen molar-refractivity contribution in [2.45, 2.75) is 38.9 Å². The van der Waals surface area contributed by atoms with Crippen LogP contribution >= 0.6 is 0 Å². The van der Waals surface area contributed by atoms with Gasteiger partial charge >= 0.3 is 6.18 Å². The van der Waals surface area contributed by atoms with E-state index in [1.54, 1.807) is 42.8 Å². The van der Waals surface area contributed by atoms with Gasteiger partial charge in [0, 0.05) is 29.3 Å². The third-order valence-corrected chi connectivity index (χ3v) is 7.31. The Morgan fingerprint density at radius 3 is 2.41 bits per heavy atom. The number of hydrogen-bond acceptors (Lipinski definition) is 4. The molecule has 0 bridgehead atoms. The zero-order valence-electron chi connectivity index (χ0n) is 24.1. The second kappa shape index (κ2) is 12.1. The maximum Gasteiger partial charge on any atom is 0.416 e. The van der Waals surface area contributed by atoms with E-state index >= 15 is 0 Å². The normalized spacial score (nSPS) is 16.0. The molecule has 0 saturated carbocycles. The second-order valence-electron chi connectivity index (χ2n) is 10.1. The number of rotatable bonds is 6. The molecule has 2 heterocycles. The maximum absolute atomic E-state index is 14.2. The first-order chi connectivity index (χ1) is 21.0. The molecule has 0 saturated heterocycles. The maximum atomic E-state index is 14.2. The van der Waals surface area contributed by atoms with Gasteiger partial charge in [0.15, 0.2) is 0 Å². The molecule has 0 spiro atoms. The molecule has 224 valence electrons. The molecule has 8 nitrogen and oxygen atoms in total. The molecule has 11 heteroatoms. The first-order valence-electron chi connectivity index (χ1n) is 13.8. The van der Waals surface area contributed by atoms with Crippen LogP contribution in [-0.4, -0.2) is 40.1 Å². The fourth-order valence-corrected chi connectivity index (χ4v) is 5.44. The lowest BCUT2D eigenvalue weighted by Gasteiger charge is -2.38. The minimum atomic E-state index is -4.65. The zero-order valence-corrected chi connectivity index (χ0v) is 24.1. The number of likely N-dealkylation sites (N-methyl/N-ethyl adjacent to an activating group) is 1. The number of fused-ring (bicyclic) bond motifs is 1. The van der Waals surface area contributed by atoms with E-state index in [0.717, 1.165) is 18.2 Å². The molecule has 5 rings (SSSR count). The highest BCUT2D eigenvalue weighted by molar-refractivity contribution is 6.06. The first kappa shape index (κ1) is 30.1. The Morgan fingerprint density at radius 2 is 1.73 bits per heavy atom. The number of halogens is 3. The number of amides is 3. The van der Waals surface area contributed by atoms with Crippen LogP contribution in [0.1, 0.15) is 52.5 Å². The van der Waals surface area contributed by atoms with Crippen molar-refractivity contribution in [3.63, 3.8) is 0 Å². The van der Waals surface area contributed by atoms with Crippen LogP contribution in [0, 0.1) is 18.8 Å². The highest BCUT2D eigenvalue weighted by Crippen LogP contribution is 2.44. The van der Waals surface area contributed by atoms with E-state index in [2.05, 4.69) is 22.5 Å². The van der Waals surface area contributed by atoms with Gasteiger partial charge in [0.2, 0.25) is 0 Å². The topological polar surface area (TPSA) is 96.3 Å². The van der Waals surface area contributed by atoms with E-state index in [1.165, 1.54) is 17.9 Å². The summed E-state index contributed by atoms with van der Waals surface area (Å²) in [6.07, 6.45) is -4.65. The Balaban J connectivity index is 1.66. The van der Waals surface area contributed by atoms with E-state index in [4.69, 9.17) is 5.10 Å². The Hall–Kier alpha value is -5.37. The van der Waals surface area contributed by atoms with Crippen LogP contribution in [-0.2, 0) is 15.8 Å². The molecule has 1 aliphatic heterocycles. The van der Waals surface area contributed by atoms with Gasteiger partial charge in [-0.1, -0.05) is 42.3 Å². The Labute approximate surface area is 251 Å². The fourth-order valence-electron chi connectivity index (χ4n) is 5.44. The smallest absolute Gasteiger partial charge is 0.339 e. The predicted molar refractivity (Wildman–Crippen MR) is 159 cm³/mol. The van der Waals surface area contributed by atoms with Gasteiger partial charge in [-0.15, -0.1) is 0 Å². The average Bonchev–Trinajstić information content (AvgIpc) is 3.34. The number of hydrogen-bond donors (Lipinski definition) is 2. The molecule has 0 aliphatic carbocycles. The predicted octanol–water partition coefficient (Wildman–Crippen LogP) is 5.46. The number of aromatic nitrogens is 2. The quantitative estimate of drug-likeness (QED) is 0.288. The lowest BCUT2D eigenvalue weighted by atomic mass is 9.81. The summed E-state index contributed by atoms with van der Waals surface area (Å²) in [4.78, 5) is 41.4. The Kier molecular flexibility index (Phi) is 8.27. The number of benzene rings is 3. The van der Waals surface area contributed by atoms with Crippen LogP contribution in [0.4, 0.5) is 24.7 Å². The average molecular weight is 600 g/mol. The second-order valence-corrected chi connectivity index (χ2v) is 10.1. The summed E-state index contributed by atoms with van der Waals surface area (Å²) in [5, 5.41) is 10.2. The highest BCUT2D eigenvalue weighted by atomic mass is 19.4. The lowest BCUT2D eigenvalue weighted by Crippen LogP contribution is -2.55. The number of anilines is 2. The minimum Gasteiger partial charge on any atom is -0.339 e. The molecule has 4 aromatic rings. The van der Waals surface area contributed by atoms with E-state index in [9.17, 15) is 27.6 Å². The standard InChI is InChI=1S/C33H28F3N5O3/c1-4-11-26(42)37-24-15-10-12-21(19-24)28-27-20(3)39-41(25-16-7-6-8-17-25)31(27)40(5-2)32(44)29(28)38-30(43)22-13-9-14-23(18-22)33(34,35)36/h6-10,12-19,28-29H,5H2,1-3H3,(H,37,42)(H,38,43)/t28-,29-/m0/s1. The van der Waals surface area contributed by atoms with Gasteiger partial charge in [-0.25, -0.2) is 4.68 Å². The summed E-state index contributed by atoms with van der Waals surface area (Å²) in [6.45, 7) is 5.35. The highest BCUT2D eigenvalue weighted by Gasteiger charge is 2.45. The Morgan fingerprint density at radius 1 is 1.00 bits per heavy atom. The summed E-state index contributed by atoms with van der Waals surface area (Å²) < 4.78 is 41.9. The fraction of sp³-hybridized carbons (Fsp3) is 0.212. The van der Waals surface area contributed by atoms with Gasteiger partial charge in [-0.05, 0) is 74.7 Å². The largest absolute Gasteiger partial charge is 0.416 e. The lowest BCUT2D eigenvalue weighted by molar-refractivity contribution is -0.137. The molecule has 0 radical (unpaired) electrons. The van der Waals surface area contributed by atoms with Gasteiger partial charge in [0.05, 0.1) is 16.9 Å². The summed E-state index contributed by atoms with van der Waals surface area (Å²) >= 11 is 0. The number of alkyl halides is 3. The third-order valence-electron chi connectivity index (χ3n) is 7.31. The van der Waals surface area contributed by atoms with Crippen molar-refractivity contribution in [3.8, 4) is 17.5 Å². The SMILES string of the molecule is CC#CC(=O)Nc1cccc([C@H]2c3c(C)nn(-c4ccccc4)c3N(CC)C(=O)[C@H]2NC(=O)c2cccc(C(F)(F)F)c2)c1. The third kappa shape index (κ3) is 5.79. The molecule has 1 aromatic heterocycles. The molecule has 0 unspecified atom stereocenters. The van der Waals surface area contributed by atoms with Crippen molar-refractivity contribution in [2.75, 3.05) is 16.8 Å². The summed E-state index contributed by atoms with van der Waals surface area (Å²) in [7, 11) is 0. The number of aryl methyl sites for hydroxylation is 1. The van der Waals surface area contributed by atoms with Gasteiger partial charge < -0.3 is 10.6 Å². The molecule has 3 aromatic carbocycles. The molecule has 44 heavy (non-hydrogen) atoms. The number of nitrogens with one attached hydrogen (secondary N) is 2. The van der Waals surface area contributed by atoms with Gasteiger partial charge in [0.1, 0.15) is 11.9 Å². The molecule has 0 fully saturated rings. The first-order valence-corrected chi connectivity index (χ1v) is 13.8. The van der Waals surface area contributed by atoms with E-state index in [1.807, 2.05) is 30.3 Å². The van der Waals surface area contributed by atoms with Crippen molar-refractivity contribution >= 4 is 29.2 Å². The summed E-state index contributed by atoms with van der Waals surface area (Å²) in [6, 6.07) is 18.9. The van der Waals surface area contributed by atoms with Crippen LogP contribution in [0.2, 0.25) is 0 Å². The monoisotopic (exact) mass is 599 g/mol. The van der Waals surface area contributed by atoms with Crippen LogP contribution < -0.4 is 15.5 Å². The van der Waals surface area contributed by atoms with Crippen molar-refractivity contribution in [1.29, 1.82) is 0 Å². The van der Waals surface area contributed by atoms with Crippen LogP contribution in [0.5, 0.6) is 0 Å². The van der Waals surface area contributed by atoms with Crippen molar-refractivity contribution < 1.29 is 27.6 Å². The van der Waals surface area contributed by atoms with Gasteiger partial charge in [-0.2, -0.15) is 18.3 Å². The molecular formula is C33H28F3N5O3.